The van der Waals surface area contributed by atoms with Crippen LogP contribution in [-0.4, -0.2) is 9.97 Å². The fourth-order valence-corrected chi connectivity index (χ4v) is 2.33. The summed E-state index contributed by atoms with van der Waals surface area (Å²) in [6.07, 6.45) is 5.62. The smallest absolute Gasteiger partial charge is 0.106 e. The number of rotatable bonds is 4. The third-order valence-corrected chi connectivity index (χ3v) is 3.29. The van der Waals surface area contributed by atoms with Gasteiger partial charge in [-0.05, 0) is 23.1 Å². The van der Waals surface area contributed by atoms with Crippen LogP contribution in [0, 0.1) is 0 Å². The zero-order valence-electron chi connectivity index (χ0n) is 10.7. The summed E-state index contributed by atoms with van der Waals surface area (Å²) < 4.78 is 0. The van der Waals surface area contributed by atoms with Crippen LogP contribution in [-0.2, 0) is 12.8 Å². The fraction of sp³-hybridized carbons (Fsp3) is 0.118. The van der Waals surface area contributed by atoms with Crippen molar-refractivity contribution in [2.24, 2.45) is 0 Å². The molecule has 0 atom stereocenters. The average Bonchev–Trinajstić information content (AvgIpc) is 3.00. The van der Waals surface area contributed by atoms with Crippen LogP contribution in [0.2, 0.25) is 0 Å². The Labute approximate surface area is 113 Å². The molecule has 94 valence electrons. The lowest BCUT2D eigenvalue weighted by Gasteiger charge is -2.09. The molecule has 0 aliphatic carbocycles. The quantitative estimate of drug-likeness (QED) is 0.746. The fourth-order valence-electron chi connectivity index (χ4n) is 2.33. The minimum absolute atomic E-state index is 0.941. The van der Waals surface area contributed by atoms with Gasteiger partial charge < -0.3 is 4.98 Å². The summed E-state index contributed by atoms with van der Waals surface area (Å²) in [5.41, 5.74) is 3.96. The van der Waals surface area contributed by atoms with Crippen molar-refractivity contribution in [3.63, 3.8) is 0 Å². The SMILES string of the molecule is c1ccc(-c2ccccc2CCc2ncc[nH]2)cc1. The first-order valence-corrected chi connectivity index (χ1v) is 6.55. The van der Waals surface area contributed by atoms with Crippen molar-refractivity contribution in [3.05, 3.63) is 78.4 Å². The Hall–Kier alpha value is -2.35. The molecule has 0 radical (unpaired) electrons. The van der Waals surface area contributed by atoms with Crippen LogP contribution in [0.5, 0.6) is 0 Å². The number of aryl methyl sites for hydroxylation is 2. The number of aromatic nitrogens is 2. The molecule has 19 heavy (non-hydrogen) atoms. The molecule has 0 saturated carbocycles. The van der Waals surface area contributed by atoms with Gasteiger partial charge >= 0.3 is 0 Å². The molecule has 2 heteroatoms. The summed E-state index contributed by atoms with van der Waals surface area (Å²) in [7, 11) is 0. The number of imidazole rings is 1. The average molecular weight is 248 g/mol. The molecular weight excluding hydrogens is 232 g/mol. The molecule has 1 N–H and O–H groups in total. The van der Waals surface area contributed by atoms with Gasteiger partial charge in [-0.3, -0.25) is 0 Å². The Balaban J connectivity index is 1.85. The summed E-state index contributed by atoms with van der Waals surface area (Å²) >= 11 is 0. The first-order valence-electron chi connectivity index (χ1n) is 6.55. The van der Waals surface area contributed by atoms with Gasteiger partial charge in [-0.25, -0.2) is 4.98 Å². The Bertz CT molecular complexity index is 627. The predicted molar refractivity (Wildman–Crippen MR) is 77.9 cm³/mol. The molecular formula is C17H16N2. The maximum Gasteiger partial charge on any atom is 0.106 e. The third kappa shape index (κ3) is 2.74. The Morgan fingerprint density at radius 1 is 0.842 bits per heavy atom. The summed E-state index contributed by atoms with van der Waals surface area (Å²) in [5.74, 6) is 1.04. The topological polar surface area (TPSA) is 28.7 Å². The highest BCUT2D eigenvalue weighted by Crippen LogP contribution is 2.24. The summed E-state index contributed by atoms with van der Waals surface area (Å²) in [6.45, 7) is 0. The monoisotopic (exact) mass is 248 g/mol. The van der Waals surface area contributed by atoms with E-state index in [4.69, 9.17) is 0 Å². The Kier molecular flexibility index (Phi) is 3.41. The number of aromatic amines is 1. The van der Waals surface area contributed by atoms with E-state index in [2.05, 4.69) is 64.6 Å². The maximum atomic E-state index is 4.28. The van der Waals surface area contributed by atoms with Crippen molar-refractivity contribution < 1.29 is 0 Å². The van der Waals surface area contributed by atoms with Gasteiger partial charge in [0.05, 0.1) is 0 Å². The molecule has 0 aliphatic heterocycles. The summed E-state index contributed by atoms with van der Waals surface area (Å²) in [4.78, 5) is 7.43. The molecule has 0 unspecified atom stereocenters. The first kappa shape index (κ1) is 11.7. The Morgan fingerprint density at radius 3 is 2.42 bits per heavy atom. The molecule has 0 fully saturated rings. The van der Waals surface area contributed by atoms with Crippen LogP contribution in [0.3, 0.4) is 0 Å². The predicted octanol–water partition coefficient (Wildman–Crippen LogP) is 3.86. The van der Waals surface area contributed by atoms with E-state index in [-0.39, 0.29) is 0 Å². The molecule has 0 aliphatic rings. The highest BCUT2D eigenvalue weighted by Gasteiger charge is 2.05. The lowest BCUT2D eigenvalue weighted by Crippen LogP contribution is -1.95. The number of hydrogen-bond acceptors (Lipinski definition) is 1. The second-order valence-electron chi connectivity index (χ2n) is 4.56. The van der Waals surface area contributed by atoms with E-state index in [9.17, 15) is 0 Å². The molecule has 0 amide bonds. The Morgan fingerprint density at radius 2 is 1.63 bits per heavy atom. The van der Waals surface area contributed by atoms with Gasteiger partial charge in [0.15, 0.2) is 0 Å². The standard InChI is InChI=1S/C17H16N2/c1-2-6-14(7-3-1)16-9-5-4-8-15(16)10-11-17-18-12-13-19-17/h1-9,12-13H,10-11H2,(H,18,19). The molecule has 0 spiro atoms. The lowest BCUT2D eigenvalue weighted by molar-refractivity contribution is 0.885. The molecule has 0 bridgehead atoms. The van der Waals surface area contributed by atoms with E-state index in [1.165, 1.54) is 16.7 Å². The van der Waals surface area contributed by atoms with Gasteiger partial charge in [-0.1, -0.05) is 54.6 Å². The van der Waals surface area contributed by atoms with Crippen LogP contribution < -0.4 is 0 Å². The van der Waals surface area contributed by atoms with Crippen LogP contribution in [0.25, 0.3) is 11.1 Å². The normalized spacial score (nSPS) is 10.5. The van der Waals surface area contributed by atoms with Crippen molar-refractivity contribution in [2.45, 2.75) is 12.8 Å². The minimum Gasteiger partial charge on any atom is -0.349 e. The molecule has 1 heterocycles. The van der Waals surface area contributed by atoms with E-state index in [1.807, 2.05) is 6.20 Å². The molecule has 2 aromatic carbocycles. The second-order valence-corrected chi connectivity index (χ2v) is 4.56. The van der Waals surface area contributed by atoms with E-state index in [0.717, 1.165) is 18.7 Å². The van der Waals surface area contributed by atoms with Crippen molar-refractivity contribution in [3.8, 4) is 11.1 Å². The zero-order valence-corrected chi connectivity index (χ0v) is 10.7. The summed E-state index contributed by atoms with van der Waals surface area (Å²) in [6, 6.07) is 19.1. The number of hydrogen-bond donors (Lipinski definition) is 1. The van der Waals surface area contributed by atoms with Crippen molar-refractivity contribution in [2.75, 3.05) is 0 Å². The lowest BCUT2D eigenvalue weighted by atomic mass is 9.97. The van der Waals surface area contributed by atoms with E-state index < -0.39 is 0 Å². The zero-order chi connectivity index (χ0) is 12.9. The molecule has 2 nitrogen and oxygen atoms in total. The van der Waals surface area contributed by atoms with E-state index >= 15 is 0 Å². The van der Waals surface area contributed by atoms with Crippen LogP contribution in [0.15, 0.2) is 67.0 Å². The number of nitrogens with zero attached hydrogens (tertiary/aromatic N) is 1. The molecule has 1 aromatic heterocycles. The van der Waals surface area contributed by atoms with Gasteiger partial charge in [-0.2, -0.15) is 0 Å². The number of benzene rings is 2. The van der Waals surface area contributed by atoms with E-state index in [0.29, 0.717) is 0 Å². The van der Waals surface area contributed by atoms with Gasteiger partial charge in [0, 0.05) is 18.8 Å². The van der Waals surface area contributed by atoms with Gasteiger partial charge in [-0.15, -0.1) is 0 Å². The van der Waals surface area contributed by atoms with Gasteiger partial charge in [0.25, 0.3) is 0 Å². The summed E-state index contributed by atoms with van der Waals surface area (Å²) in [5, 5.41) is 0. The van der Waals surface area contributed by atoms with Crippen LogP contribution in [0.1, 0.15) is 11.4 Å². The largest absolute Gasteiger partial charge is 0.349 e. The number of nitrogens with one attached hydrogen (secondary N) is 1. The van der Waals surface area contributed by atoms with Crippen molar-refractivity contribution in [1.29, 1.82) is 0 Å². The van der Waals surface area contributed by atoms with Crippen molar-refractivity contribution in [1.82, 2.24) is 9.97 Å². The molecule has 3 rings (SSSR count). The highest BCUT2D eigenvalue weighted by atomic mass is 14.9. The van der Waals surface area contributed by atoms with Crippen molar-refractivity contribution >= 4 is 0 Å². The van der Waals surface area contributed by atoms with Crippen LogP contribution >= 0.6 is 0 Å². The first-order chi connectivity index (χ1) is 9.43. The molecule has 0 saturated heterocycles. The van der Waals surface area contributed by atoms with Gasteiger partial charge in [0.1, 0.15) is 5.82 Å². The maximum absolute atomic E-state index is 4.28. The van der Waals surface area contributed by atoms with Crippen LogP contribution in [0.4, 0.5) is 0 Å². The number of H-pyrrole nitrogens is 1. The minimum atomic E-state index is 0.941. The highest BCUT2D eigenvalue weighted by molar-refractivity contribution is 5.67. The van der Waals surface area contributed by atoms with E-state index in [1.54, 1.807) is 6.20 Å². The second kappa shape index (κ2) is 5.53. The third-order valence-electron chi connectivity index (χ3n) is 3.29. The molecule has 3 aromatic rings. The van der Waals surface area contributed by atoms with Gasteiger partial charge in [0.2, 0.25) is 0 Å².